The molecule has 0 aliphatic rings. The van der Waals surface area contributed by atoms with Crippen LogP contribution in [0.5, 0.6) is 0 Å². The van der Waals surface area contributed by atoms with E-state index >= 15 is 0 Å². The minimum atomic E-state index is -4.12. The highest BCUT2D eigenvalue weighted by molar-refractivity contribution is 7.92. The maximum atomic E-state index is 13.9. The molecule has 1 unspecified atom stereocenters. The SMILES string of the molecule is Cc1ccc(N(CC(=O)N(Cc2ccc(F)cc2)C(C)C(=O)NCC(C)C)S(=O)(=O)c2ccccc2)cc1C. The van der Waals surface area contributed by atoms with Crippen molar-refractivity contribution in [1.29, 1.82) is 0 Å². The van der Waals surface area contributed by atoms with Gasteiger partial charge in [0.05, 0.1) is 10.6 Å². The molecular formula is C30H36FN3O4S. The van der Waals surface area contributed by atoms with Crippen LogP contribution in [0, 0.1) is 25.6 Å². The van der Waals surface area contributed by atoms with Crippen molar-refractivity contribution in [2.75, 3.05) is 17.4 Å². The Morgan fingerprint density at radius 2 is 1.54 bits per heavy atom. The fourth-order valence-corrected chi connectivity index (χ4v) is 5.38. The van der Waals surface area contributed by atoms with Crippen LogP contribution < -0.4 is 9.62 Å². The van der Waals surface area contributed by atoms with E-state index in [1.807, 2.05) is 27.7 Å². The molecule has 1 atom stereocenters. The summed E-state index contributed by atoms with van der Waals surface area (Å²) in [6, 6.07) is 17.8. The highest BCUT2D eigenvalue weighted by Crippen LogP contribution is 2.26. The predicted octanol–water partition coefficient (Wildman–Crippen LogP) is 4.83. The zero-order valence-electron chi connectivity index (χ0n) is 23.0. The molecule has 0 radical (unpaired) electrons. The number of rotatable bonds is 11. The quantitative estimate of drug-likeness (QED) is 0.369. The third-order valence-electron chi connectivity index (χ3n) is 6.51. The van der Waals surface area contributed by atoms with Crippen molar-refractivity contribution >= 4 is 27.5 Å². The van der Waals surface area contributed by atoms with Crippen LogP contribution in [0.4, 0.5) is 10.1 Å². The number of hydrogen-bond donors (Lipinski definition) is 1. The maximum absolute atomic E-state index is 13.9. The second kappa shape index (κ2) is 12.9. The Hall–Kier alpha value is -3.72. The lowest BCUT2D eigenvalue weighted by atomic mass is 10.1. The number of carbonyl (C=O) groups excluding carboxylic acids is 2. The van der Waals surface area contributed by atoms with E-state index in [1.165, 1.54) is 41.3 Å². The predicted molar refractivity (Wildman–Crippen MR) is 151 cm³/mol. The van der Waals surface area contributed by atoms with Gasteiger partial charge in [-0.15, -0.1) is 0 Å². The standard InChI is InChI=1S/C30H36FN3O4S/c1-21(2)18-32-30(36)24(5)33(19-25-12-14-26(31)15-13-25)29(35)20-34(27-16-11-22(3)23(4)17-27)39(37,38)28-9-7-6-8-10-28/h6-17,21,24H,18-20H2,1-5H3,(H,32,36). The number of amides is 2. The number of sulfonamides is 1. The molecule has 0 heterocycles. The molecule has 7 nitrogen and oxygen atoms in total. The third-order valence-corrected chi connectivity index (χ3v) is 8.29. The van der Waals surface area contributed by atoms with E-state index in [1.54, 1.807) is 43.3 Å². The van der Waals surface area contributed by atoms with Crippen molar-refractivity contribution in [2.24, 2.45) is 5.92 Å². The lowest BCUT2D eigenvalue weighted by molar-refractivity contribution is -0.139. The van der Waals surface area contributed by atoms with Gasteiger partial charge >= 0.3 is 0 Å². The first kappa shape index (κ1) is 29.8. The summed E-state index contributed by atoms with van der Waals surface area (Å²) in [5.74, 6) is -1.14. The Morgan fingerprint density at radius 1 is 0.897 bits per heavy atom. The molecular weight excluding hydrogens is 517 g/mol. The smallest absolute Gasteiger partial charge is 0.264 e. The Balaban J connectivity index is 2.02. The van der Waals surface area contributed by atoms with Crippen molar-refractivity contribution < 1.29 is 22.4 Å². The molecule has 3 aromatic rings. The molecule has 0 aliphatic carbocycles. The summed E-state index contributed by atoms with van der Waals surface area (Å²) >= 11 is 0. The summed E-state index contributed by atoms with van der Waals surface area (Å²) in [7, 11) is -4.12. The van der Waals surface area contributed by atoms with Gasteiger partial charge in [0, 0.05) is 13.1 Å². The first-order chi connectivity index (χ1) is 18.4. The summed E-state index contributed by atoms with van der Waals surface area (Å²) in [6.45, 7) is 9.22. The first-order valence-electron chi connectivity index (χ1n) is 12.9. The molecule has 1 N–H and O–H groups in total. The van der Waals surface area contributed by atoms with Gasteiger partial charge in [0.25, 0.3) is 10.0 Å². The highest BCUT2D eigenvalue weighted by Gasteiger charge is 2.32. The fourth-order valence-electron chi connectivity index (χ4n) is 3.95. The Labute approximate surface area is 230 Å². The summed E-state index contributed by atoms with van der Waals surface area (Å²) in [4.78, 5) is 28.3. The van der Waals surface area contributed by atoms with Crippen LogP contribution in [0.2, 0.25) is 0 Å². The van der Waals surface area contributed by atoms with Crippen LogP contribution >= 0.6 is 0 Å². The average molecular weight is 554 g/mol. The van der Waals surface area contributed by atoms with Crippen LogP contribution in [-0.4, -0.2) is 44.3 Å². The molecule has 3 rings (SSSR count). The topological polar surface area (TPSA) is 86.8 Å². The van der Waals surface area contributed by atoms with Gasteiger partial charge < -0.3 is 10.2 Å². The van der Waals surface area contributed by atoms with Crippen LogP contribution in [0.25, 0.3) is 0 Å². The summed E-state index contributed by atoms with van der Waals surface area (Å²) in [6.07, 6.45) is 0. The highest BCUT2D eigenvalue weighted by atomic mass is 32.2. The van der Waals surface area contributed by atoms with Gasteiger partial charge in [-0.1, -0.05) is 50.2 Å². The molecule has 0 aromatic heterocycles. The van der Waals surface area contributed by atoms with Gasteiger partial charge in [0.15, 0.2) is 0 Å². The third kappa shape index (κ3) is 7.66. The fraction of sp³-hybridized carbons (Fsp3) is 0.333. The van der Waals surface area contributed by atoms with Crippen molar-refractivity contribution in [2.45, 2.75) is 52.1 Å². The molecule has 208 valence electrons. The normalized spacial score (nSPS) is 12.2. The van der Waals surface area contributed by atoms with Crippen LogP contribution in [0.15, 0.2) is 77.7 Å². The van der Waals surface area contributed by atoms with E-state index in [2.05, 4.69) is 5.32 Å². The number of benzene rings is 3. The zero-order valence-corrected chi connectivity index (χ0v) is 23.8. The Morgan fingerprint density at radius 3 is 2.13 bits per heavy atom. The second-order valence-electron chi connectivity index (χ2n) is 10.1. The first-order valence-corrected chi connectivity index (χ1v) is 14.3. The number of anilines is 1. The van der Waals surface area contributed by atoms with E-state index in [4.69, 9.17) is 0 Å². The van der Waals surface area contributed by atoms with Crippen molar-refractivity contribution in [1.82, 2.24) is 10.2 Å². The van der Waals surface area contributed by atoms with Crippen LogP contribution in [0.3, 0.4) is 0 Å². The second-order valence-corrected chi connectivity index (χ2v) is 11.9. The largest absolute Gasteiger partial charge is 0.354 e. The van der Waals surface area contributed by atoms with E-state index in [0.29, 0.717) is 17.8 Å². The Kier molecular flexibility index (Phi) is 9.86. The van der Waals surface area contributed by atoms with Gasteiger partial charge in [0.1, 0.15) is 18.4 Å². The van der Waals surface area contributed by atoms with E-state index < -0.39 is 34.3 Å². The number of halogens is 1. The van der Waals surface area contributed by atoms with Gasteiger partial charge in [-0.05, 0) is 79.8 Å². The minimum absolute atomic E-state index is 0.00152. The lowest BCUT2D eigenvalue weighted by Gasteiger charge is -2.32. The number of aryl methyl sites for hydroxylation is 2. The molecule has 0 saturated carbocycles. The van der Waals surface area contributed by atoms with Gasteiger partial charge in [0.2, 0.25) is 11.8 Å². The summed E-state index contributed by atoms with van der Waals surface area (Å²) in [5.41, 5.74) is 2.80. The molecule has 0 spiro atoms. The molecule has 2 amide bonds. The molecule has 39 heavy (non-hydrogen) atoms. The van der Waals surface area contributed by atoms with Crippen LogP contribution in [-0.2, 0) is 26.2 Å². The molecule has 3 aromatic carbocycles. The van der Waals surface area contributed by atoms with E-state index in [0.717, 1.165) is 15.4 Å². The van der Waals surface area contributed by atoms with E-state index in [9.17, 15) is 22.4 Å². The van der Waals surface area contributed by atoms with Gasteiger partial charge in [-0.3, -0.25) is 13.9 Å². The van der Waals surface area contributed by atoms with Crippen LogP contribution in [0.1, 0.15) is 37.5 Å². The van der Waals surface area contributed by atoms with Crippen molar-refractivity contribution in [3.05, 3.63) is 95.3 Å². The molecule has 0 saturated heterocycles. The number of nitrogens with zero attached hydrogens (tertiary/aromatic N) is 2. The summed E-state index contributed by atoms with van der Waals surface area (Å²) < 4.78 is 42.2. The zero-order chi connectivity index (χ0) is 28.7. The average Bonchev–Trinajstić information content (AvgIpc) is 2.91. The van der Waals surface area contributed by atoms with Gasteiger partial charge in [-0.2, -0.15) is 0 Å². The number of carbonyl (C=O) groups is 2. The molecule has 0 fully saturated rings. The van der Waals surface area contributed by atoms with E-state index in [-0.39, 0.29) is 23.3 Å². The molecule has 0 aliphatic heterocycles. The minimum Gasteiger partial charge on any atom is -0.354 e. The monoisotopic (exact) mass is 553 g/mol. The lowest BCUT2D eigenvalue weighted by Crippen LogP contribution is -2.51. The van der Waals surface area contributed by atoms with Crippen molar-refractivity contribution in [3.63, 3.8) is 0 Å². The number of nitrogens with one attached hydrogen (secondary N) is 1. The molecule has 9 heteroatoms. The Bertz CT molecular complexity index is 1390. The number of hydrogen-bond acceptors (Lipinski definition) is 4. The van der Waals surface area contributed by atoms with Gasteiger partial charge in [-0.25, -0.2) is 12.8 Å². The van der Waals surface area contributed by atoms with Crippen molar-refractivity contribution in [3.8, 4) is 0 Å². The maximum Gasteiger partial charge on any atom is 0.264 e. The molecule has 0 bridgehead atoms. The summed E-state index contributed by atoms with van der Waals surface area (Å²) in [5, 5.41) is 2.84.